The summed E-state index contributed by atoms with van der Waals surface area (Å²) in [5.41, 5.74) is -1.52. The van der Waals surface area contributed by atoms with Crippen molar-refractivity contribution < 1.29 is 35.1 Å². The number of halogens is 9. The van der Waals surface area contributed by atoms with Crippen LogP contribution in [0.15, 0.2) is 36.4 Å². The van der Waals surface area contributed by atoms with Gasteiger partial charge >= 0.3 is 23.1 Å². The Bertz CT molecular complexity index is 624. The molecule has 0 aromatic heterocycles. The molecule has 0 spiro atoms. The molecule has 0 bridgehead atoms. The molecule has 0 unspecified atom stereocenters. The number of allylic oxidation sites excluding steroid dienone is 2. The van der Waals surface area contributed by atoms with Crippen molar-refractivity contribution in [3.63, 3.8) is 0 Å². The fraction of sp³-hybridized carbons (Fsp3) is 0.500. The lowest BCUT2D eigenvalue weighted by atomic mass is 9.80. The second kappa shape index (κ2) is 6.45. The number of alkyl halides is 9. The Hall–Kier alpha value is -1.31. The van der Waals surface area contributed by atoms with Gasteiger partial charge in [-0.2, -0.15) is 35.1 Å². The largest absolute Gasteiger partial charge is 0.393 e. The fourth-order valence-corrected chi connectivity index (χ4v) is 2.13. The molecule has 0 nitrogen and oxygen atoms in total. The van der Waals surface area contributed by atoms with E-state index in [0.717, 1.165) is 0 Å². The third-order valence-electron chi connectivity index (χ3n) is 3.39. The first-order chi connectivity index (χ1) is 11.0. The summed E-state index contributed by atoms with van der Waals surface area (Å²) >= 11 is 3.94. The highest BCUT2D eigenvalue weighted by Gasteiger charge is 2.79. The number of hydrogen-bond acceptors (Lipinski definition) is 0. The predicted molar refractivity (Wildman–Crippen MR) is 79.5 cm³/mol. The Morgan fingerprint density at radius 1 is 0.800 bits per heavy atom. The van der Waals surface area contributed by atoms with Crippen molar-refractivity contribution in [1.29, 1.82) is 0 Å². The molecule has 0 heterocycles. The van der Waals surface area contributed by atoms with E-state index in [1.165, 1.54) is 51.1 Å². The Labute approximate surface area is 144 Å². The van der Waals surface area contributed by atoms with Crippen LogP contribution in [-0.4, -0.2) is 23.1 Å². The maximum absolute atomic E-state index is 14.0. The third kappa shape index (κ3) is 4.10. The maximum Gasteiger partial charge on any atom is 0.393 e. The van der Waals surface area contributed by atoms with Crippen molar-refractivity contribution >= 4 is 17.2 Å². The third-order valence-corrected chi connectivity index (χ3v) is 3.62. The molecule has 0 saturated carbocycles. The normalized spacial score (nSPS) is 15.4. The number of rotatable bonds is 5. The van der Waals surface area contributed by atoms with E-state index in [1.54, 1.807) is 0 Å². The van der Waals surface area contributed by atoms with Gasteiger partial charge in [0, 0.05) is 0 Å². The average Bonchev–Trinajstić information content (AvgIpc) is 2.43. The van der Waals surface area contributed by atoms with Crippen LogP contribution in [0.1, 0.15) is 26.3 Å². The Morgan fingerprint density at radius 3 is 1.60 bits per heavy atom. The zero-order chi connectivity index (χ0) is 19.9. The maximum atomic E-state index is 14.0. The summed E-state index contributed by atoms with van der Waals surface area (Å²) in [6.07, 6.45) is -0.404. The van der Waals surface area contributed by atoms with E-state index >= 15 is 0 Å². The summed E-state index contributed by atoms with van der Waals surface area (Å²) in [6, 6.07) is 6.98. The molecule has 9 heteroatoms. The Kier molecular flexibility index (Phi) is 5.60. The van der Waals surface area contributed by atoms with E-state index in [-0.39, 0.29) is 5.56 Å². The van der Waals surface area contributed by atoms with Gasteiger partial charge in [-0.25, -0.2) is 0 Å². The first-order valence-corrected chi connectivity index (χ1v) is 7.32. The molecule has 0 N–H and O–H groups in total. The minimum absolute atomic E-state index is 0.0615. The van der Waals surface area contributed by atoms with Crippen LogP contribution in [0.5, 0.6) is 0 Å². The van der Waals surface area contributed by atoms with Crippen molar-refractivity contribution in [2.75, 3.05) is 0 Å². The summed E-state index contributed by atoms with van der Waals surface area (Å²) in [4.78, 5) is 0. The summed E-state index contributed by atoms with van der Waals surface area (Å²) < 4.78 is 107. The summed E-state index contributed by atoms with van der Waals surface area (Å²) in [5.74, 6) is -18.5. The SMILES string of the molecule is CC(C)(C)/C(=C/C(F)(F)C(F)(F)C(F)(F)C(F)(F)Cl)c1ccccc1. The topological polar surface area (TPSA) is 0 Å². The first-order valence-electron chi connectivity index (χ1n) is 6.94. The molecule has 0 saturated heterocycles. The zero-order valence-electron chi connectivity index (χ0n) is 13.4. The van der Waals surface area contributed by atoms with Crippen molar-refractivity contribution in [3.05, 3.63) is 42.0 Å². The van der Waals surface area contributed by atoms with Gasteiger partial charge in [0.25, 0.3) is 0 Å². The van der Waals surface area contributed by atoms with Crippen molar-refractivity contribution in [3.8, 4) is 0 Å². The zero-order valence-corrected chi connectivity index (χ0v) is 14.1. The molecule has 1 rings (SSSR count). The van der Waals surface area contributed by atoms with Gasteiger partial charge in [-0.3, -0.25) is 0 Å². The highest BCUT2D eigenvalue weighted by atomic mass is 35.5. The van der Waals surface area contributed by atoms with Crippen LogP contribution >= 0.6 is 11.6 Å². The molecular formula is C16H15ClF8. The van der Waals surface area contributed by atoms with Gasteiger partial charge in [0.1, 0.15) is 0 Å². The van der Waals surface area contributed by atoms with E-state index in [2.05, 4.69) is 11.6 Å². The van der Waals surface area contributed by atoms with Gasteiger partial charge in [-0.15, -0.1) is 0 Å². The van der Waals surface area contributed by atoms with E-state index in [0.29, 0.717) is 0 Å². The van der Waals surface area contributed by atoms with Gasteiger partial charge in [0.2, 0.25) is 0 Å². The van der Waals surface area contributed by atoms with E-state index in [9.17, 15) is 35.1 Å². The average molecular weight is 395 g/mol. The molecule has 142 valence electrons. The van der Waals surface area contributed by atoms with Crippen LogP contribution in [0, 0.1) is 5.41 Å². The van der Waals surface area contributed by atoms with Gasteiger partial charge in [0.05, 0.1) is 0 Å². The van der Waals surface area contributed by atoms with Gasteiger partial charge in [0.15, 0.2) is 0 Å². The van der Waals surface area contributed by atoms with Crippen molar-refractivity contribution in [2.24, 2.45) is 5.41 Å². The molecule has 1 aromatic carbocycles. The van der Waals surface area contributed by atoms with E-state index in [4.69, 9.17) is 0 Å². The molecule has 0 radical (unpaired) electrons. The van der Waals surface area contributed by atoms with Crippen LogP contribution < -0.4 is 0 Å². The van der Waals surface area contributed by atoms with E-state index < -0.39 is 40.2 Å². The van der Waals surface area contributed by atoms with Crippen LogP contribution in [0.4, 0.5) is 35.1 Å². The second-order valence-corrected chi connectivity index (χ2v) is 6.92. The lowest BCUT2D eigenvalue weighted by molar-refractivity contribution is -0.335. The van der Waals surface area contributed by atoms with Crippen LogP contribution in [-0.2, 0) is 0 Å². The quantitative estimate of drug-likeness (QED) is 0.378. The lowest BCUT2D eigenvalue weighted by Gasteiger charge is -2.34. The summed E-state index contributed by atoms with van der Waals surface area (Å²) in [6.45, 7) is 4.15. The summed E-state index contributed by atoms with van der Waals surface area (Å²) in [7, 11) is 0. The summed E-state index contributed by atoms with van der Waals surface area (Å²) in [5, 5.41) is -5.86. The van der Waals surface area contributed by atoms with Crippen molar-refractivity contribution in [2.45, 2.75) is 43.9 Å². The predicted octanol–water partition coefficient (Wildman–Crippen LogP) is 6.85. The minimum atomic E-state index is -6.47. The van der Waals surface area contributed by atoms with Crippen LogP contribution in [0.25, 0.3) is 5.57 Å². The Balaban J connectivity index is 3.56. The molecule has 1 aromatic rings. The smallest absolute Gasteiger partial charge is 0.195 e. The first kappa shape index (κ1) is 21.7. The molecule has 0 atom stereocenters. The minimum Gasteiger partial charge on any atom is -0.195 e. The standard InChI is InChI=1S/C16H15ClF8/c1-12(2,3)11(10-7-5-4-6-8-10)9-13(18,19)14(20,21)15(22,23)16(17,24)25/h4-9H,1-3H3/b11-9+. The molecule has 0 fully saturated rings. The molecule has 25 heavy (non-hydrogen) atoms. The highest BCUT2D eigenvalue weighted by molar-refractivity contribution is 6.22. The monoisotopic (exact) mass is 394 g/mol. The van der Waals surface area contributed by atoms with Gasteiger partial charge in [-0.05, 0) is 34.2 Å². The van der Waals surface area contributed by atoms with Crippen molar-refractivity contribution in [1.82, 2.24) is 0 Å². The number of benzene rings is 1. The van der Waals surface area contributed by atoms with Crippen LogP contribution in [0.2, 0.25) is 0 Å². The van der Waals surface area contributed by atoms with Gasteiger partial charge < -0.3 is 0 Å². The molecule has 0 aliphatic heterocycles. The fourth-order valence-electron chi connectivity index (χ4n) is 2.01. The van der Waals surface area contributed by atoms with E-state index in [1.807, 2.05) is 0 Å². The van der Waals surface area contributed by atoms with Crippen LogP contribution in [0.3, 0.4) is 0 Å². The van der Waals surface area contributed by atoms with Gasteiger partial charge in [-0.1, -0.05) is 51.1 Å². The number of hydrogen-bond donors (Lipinski definition) is 0. The Morgan fingerprint density at radius 2 is 1.24 bits per heavy atom. The lowest BCUT2D eigenvalue weighted by Crippen LogP contribution is -2.60. The molecular weight excluding hydrogens is 380 g/mol. The molecule has 0 aliphatic rings. The highest BCUT2D eigenvalue weighted by Crippen LogP contribution is 2.55. The molecule has 0 aliphatic carbocycles. The second-order valence-electron chi connectivity index (χ2n) is 6.44. The molecule has 0 amide bonds.